The number of nitrogens with zero attached hydrogens (tertiary/aromatic N) is 8. The Morgan fingerprint density at radius 2 is 1.84 bits per heavy atom. The van der Waals surface area contributed by atoms with E-state index in [1.54, 1.807) is 6.20 Å². The van der Waals surface area contributed by atoms with E-state index in [1.807, 2.05) is 24.6 Å². The molecule has 37 heavy (non-hydrogen) atoms. The van der Waals surface area contributed by atoms with Crippen LogP contribution in [0, 0.1) is 12.7 Å². The highest BCUT2D eigenvalue weighted by atomic mass is 19.1. The molecule has 2 fully saturated rings. The summed E-state index contributed by atoms with van der Waals surface area (Å²) in [5.41, 5.74) is 4.63. The van der Waals surface area contributed by atoms with Crippen LogP contribution in [-0.4, -0.2) is 77.6 Å². The van der Waals surface area contributed by atoms with Gasteiger partial charge in [0.15, 0.2) is 5.65 Å². The average molecular weight is 503 g/mol. The van der Waals surface area contributed by atoms with Gasteiger partial charge in [-0.1, -0.05) is 13.0 Å². The summed E-state index contributed by atoms with van der Waals surface area (Å²) >= 11 is 0. The number of fused-ring (bicyclic) bond motifs is 3. The second-order valence-corrected chi connectivity index (χ2v) is 9.83. The summed E-state index contributed by atoms with van der Waals surface area (Å²) in [5.74, 6) is 0.156. The maximum absolute atomic E-state index is 14.1. The smallest absolute Gasteiger partial charge is 0.318 e. The lowest BCUT2D eigenvalue weighted by molar-refractivity contribution is 0.126. The number of hydrogen-bond acceptors (Lipinski definition) is 8. The zero-order chi connectivity index (χ0) is 25.5. The number of aryl methyl sites for hydroxylation is 1. The summed E-state index contributed by atoms with van der Waals surface area (Å²) in [6.07, 6.45) is 5.97. The highest BCUT2D eigenvalue weighted by molar-refractivity contribution is 5.79. The number of halogens is 1. The van der Waals surface area contributed by atoms with Crippen molar-refractivity contribution in [1.29, 1.82) is 0 Å². The third-order valence-corrected chi connectivity index (χ3v) is 7.45. The van der Waals surface area contributed by atoms with Crippen LogP contribution in [0.3, 0.4) is 0 Å². The quantitative estimate of drug-likeness (QED) is 0.362. The molecule has 2 saturated heterocycles. The van der Waals surface area contributed by atoms with Crippen molar-refractivity contribution in [3.05, 3.63) is 59.6 Å². The van der Waals surface area contributed by atoms with Crippen LogP contribution in [0.2, 0.25) is 0 Å². The van der Waals surface area contributed by atoms with Crippen molar-refractivity contribution in [2.24, 2.45) is 0 Å². The van der Waals surface area contributed by atoms with Gasteiger partial charge in [-0.05, 0) is 44.5 Å². The van der Waals surface area contributed by atoms with Crippen LogP contribution < -0.4 is 4.74 Å². The molecule has 2 aliphatic heterocycles. The second kappa shape index (κ2) is 9.75. The van der Waals surface area contributed by atoms with Crippen LogP contribution in [0.15, 0.2) is 36.8 Å². The molecule has 9 nitrogen and oxygen atoms in total. The molecule has 0 radical (unpaired) electrons. The van der Waals surface area contributed by atoms with Gasteiger partial charge in [0, 0.05) is 49.7 Å². The highest BCUT2D eigenvalue weighted by Crippen LogP contribution is 2.31. The topological polar surface area (TPSA) is 85.1 Å². The second-order valence-electron chi connectivity index (χ2n) is 9.83. The molecule has 0 aliphatic carbocycles. The Morgan fingerprint density at radius 1 is 1.00 bits per heavy atom. The summed E-state index contributed by atoms with van der Waals surface area (Å²) in [7, 11) is 0. The molecule has 10 heteroatoms. The van der Waals surface area contributed by atoms with Crippen molar-refractivity contribution in [2.75, 3.05) is 26.2 Å². The van der Waals surface area contributed by atoms with E-state index >= 15 is 0 Å². The largest absolute Gasteiger partial charge is 0.464 e. The van der Waals surface area contributed by atoms with E-state index < -0.39 is 5.82 Å². The van der Waals surface area contributed by atoms with Crippen molar-refractivity contribution >= 4 is 11.2 Å². The molecule has 0 unspecified atom stereocenters. The van der Waals surface area contributed by atoms with Crippen molar-refractivity contribution in [3.63, 3.8) is 0 Å². The van der Waals surface area contributed by atoms with Gasteiger partial charge >= 0.3 is 6.01 Å². The Balaban J connectivity index is 1.29. The third kappa shape index (κ3) is 4.55. The van der Waals surface area contributed by atoms with E-state index in [0.29, 0.717) is 59.5 Å². The minimum atomic E-state index is -0.419. The van der Waals surface area contributed by atoms with Gasteiger partial charge in [-0.2, -0.15) is 9.97 Å². The van der Waals surface area contributed by atoms with Crippen LogP contribution in [0.1, 0.15) is 37.2 Å². The maximum atomic E-state index is 14.1. The van der Waals surface area contributed by atoms with Gasteiger partial charge in [0.1, 0.15) is 17.2 Å². The standard InChI is InChI=1S/C27H31FN8O/c1-4-34-15-23-9-22(34)16-35(23)14-21-7-6-18(10-30-21)13-36-25(19-8-20(28)12-29-11-19)32-24-17(3)31-27(37-5-2)33-26(24)36/h6-8,10-12,22-23H,4-5,9,13-16H2,1-3H3/t22-,23-/m0/s1. The van der Waals surface area contributed by atoms with E-state index in [4.69, 9.17) is 14.7 Å². The number of aromatic nitrogens is 6. The Labute approximate surface area is 215 Å². The molecule has 4 aromatic rings. The predicted molar refractivity (Wildman–Crippen MR) is 138 cm³/mol. The molecule has 0 N–H and O–H groups in total. The number of pyridine rings is 2. The Bertz CT molecular complexity index is 1420. The first kappa shape index (κ1) is 23.9. The summed E-state index contributed by atoms with van der Waals surface area (Å²) in [6.45, 7) is 11.2. The Hall–Kier alpha value is -3.50. The zero-order valence-electron chi connectivity index (χ0n) is 21.4. The molecule has 2 aliphatic rings. The van der Waals surface area contributed by atoms with Crippen LogP contribution in [0.25, 0.3) is 22.6 Å². The van der Waals surface area contributed by atoms with Crippen molar-refractivity contribution in [2.45, 2.75) is 52.4 Å². The Morgan fingerprint density at radius 3 is 2.54 bits per heavy atom. The molecular weight excluding hydrogens is 471 g/mol. The first-order valence-corrected chi connectivity index (χ1v) is 12.9. The lowest BCUT2D eigenvalue weighted by Gasteiger charge is -2.33. The van der Waals surface area contributed by atoms with Crippen LogP contribution in [0.4, 0.5) is 4.39 Å². The molecule has 0 aromatic carbocycles. The molecule has 4 aromatic heterocycles. The van der Waals surface area contributed by atoms with Crippen molar-refractivity contribution in [1.82, 2.24) is 39.3 Å². The molecular formula is C27H31FN8O. The lowest BCUT2D eigenvalue weighted by atomic mass is 10.2. The van der Waals surface area contributed by atoms with Crippen molar-refractivity contribution in [3.8, 4) is 17.4 Å². The summed E-state index contributed by atoms with van der Waals surface area (Å²) < 4.78 is 21.6. The fourth-order valence-corrected chi connectivity index (χ4v) is 5.66. The van der Waals surface area contributed by atoms with Crippen LogP contribution in [0.5, 0.6) is 6.01 Å². The van der Waals surface area contributed by atoms with Crippen molar-refractivity contribution < 1.29 is 9.13 Å². The van der Waals surface area contributed by atoms with E-state index in [-0.39, 0.29) is 0 Å². The normalized spacial score (nSPS) is 19.8. The molecule has 0 amide bonds. The summed E-state index contributed by atoms with van der Waals surface area (Å²) in [4.78, 5) is 27.8. The lowest BCUT2D eigenvalue weighted by Crippen LogP contribution is -2.45. The SMILES string of the molecule is CCOc1nc(C)c2nc(-c3cncc(F)c3)n(Cc3ccc(CN4C[C@@H]5C[C@H]4CN5CC)nc3)c2n1. The fraction of sp³-hybridized carbons (Fsp3) is 0.444. The maximum Gasteiger partial charge on any atom is 0.318 e. The number of imidazole rings is 1. The number of likely N-dealkylation sites (tertiary alicyclic amines) is 2. The van der Waals surface area contributed by atoms with Gasteiger partial charge in [-0.25, -0.2) is 9.37 Å². The molecule has 0 saturated carbocycles. The molecule has 0 spiro atoms. The minimum absolute atomic E-state index is 0.299. The number of piperazine rings is 1. The summed E-state index contributed by atoms with van der Waals surface area (Å²) in [5, 5.41) is 0. The van der Waals surface area contributed by atoms with Gasteiger partial charge in [0.2, 0.25) is 0 Å². The minimum Gasteiger partial charge on any atom is -0.464 e. The first-order chi connectivity index (χ1) is 18.0. The predicted octanol–water partition coefficient (Wildman–Crippen LogP) is 3.46. The van der Waals surface area contributed by atoms with Crippen LogP contribution >= 0.6 is 0 Å². The van der Waals surface area contributed by atoms with E-state index in [0.717, 1.165) is 37.4 Å². The molecule has 192 valence electrons. The molecule has 2 atom stereocenters. The molecule has 6 rings (SSSR count). The van der Waals surface area contributed by atoms with Gasteiger partial charge in [-0.15, -0.1) is 0 Å². The van der Waals surface area contributed by atoms with Gasteiger partial charge in [-0.3, -0.25) is 19.8 Å². The number of hydrogen-bond donors (Lipinski definition) is 0. The number of ether oxygens (including phenoxy) is 1. The number of likely N-dealkylation sites (N-methyl/N-ethyl adjacent to an activating group) is 1. The first-order valence-electron chi connectivity index (χ1n) is 12.9. The fourth-order valence-electron chi connectivity index (χ4n) is 5.66. The third-order valence-electron chi connectivity index (χ3n) is 7.45. The van der Waals surface area contributed by atoms with Crippen LogP contribution in [-0.2, 0) is 13.1 Å². The molecule has 6 heterocycles. The van der Waals surface area contributed by atoms with Gasteiger partial charge in [0.25, 0.3) is 0 Å². The average Bonchev–Trinajstić information content (AvgIpc) is 3.58. The monoisotopic (exact) mass is 502 g/mol. The van der Waals surface area contributed by atoms with Gasteiger partial charge < -0.3 is 9.30 Å². The highest BCUT2D eigenvalue weighted by Gasteiger charge is 2.42. The molecule has 2 bridgehead atoms. The number of rotatable bonds is 8. The van der Waals surface area contributed by atoms with E-state index in [1.165, 1.54) is 18.7 Å². The Kier molecular flexibility index (Phi) is 6.29. The van der Waals surface area contributed by atoms with E-state index in [9.17, 15) is 4.39 Å². The van der Waals surface area contributed by atoms with E-state index in [2.05, 4.69) is 43.8 Å². The summed E-state index contributed by atoms with van der Waals surface area (Å²) in [6, 6.07) is 7.26. The van der Waals surface area contributed by atoms with Gasteiger partial charge in [0.05, 0.1) is 30.7 Å². The zero-order valence-corrected chi connectivity index (χ0v) is 21.4.